The van der Waals surface area contributed by atoms with Crippen LogP contribution in [0.15, 0.2) is 0 Å². The molecule has 0 radical (unpaired) electrons. The lowest BCUT2D eigenvalue weighted by atomic mass is 9.88. The average Bonchev–Trinajstić information content (AvgIpc) is 2.32. The van der Waals surface area contributed by atoms with E-state index in [4.69, 9.17) is 4.74 Å². The zero-order valence-corrected chi connectivity index (χ0v) is 11.8. The van der Waals surface area contributed by atoms with E-state index in [1.54, 1.807) is 6.92 Å². The third-order valence-electron chi connectivity index (χ3n) is 3.73. The second-order valence-corrected chi connectivity index (χ2v) is 5.32. The maximum absolute atomic E-state index is 11.8. The highest BCUT2D eigenvalue weighted by atomic mass is 16.5. The Morgan fingerprint density at radius 3 is 2.56 bits per heavy atom. The topological polar surface area (TPSA) is 46.6 Å². The predicted molar refractivity (Wildman–Crippen MR) is 70.3 cm³/mol. The molecule has 0 amide bonds. The van der Waals surface area contributed by atoms with Crippen LogP contribution in [0.4, 0.5) is 0 Å². The van der Waals surface area contributed by atoms with Crippen molar-refractivity contribution in [3.63, 3.8) is 0 Å². The number of ether oxygens (including phenoxy) is 1. The van der Waals surface area contributed by atoms with Gasteiger partial charge in [0.05, 0.1) is 19.6 Å². The van der Waals surface area contributed by atoms with E-state index in [9.17, 15) is 9.59 Å². The molecule has 1 saturated heterocycles. The van der Waals surface area contributed by atoms with E-state index in [0.717, 1.165) is 25.4 Å². The van der Waals surface area contributed by atoms with Crippen molar-refractivity contribution >= 4 is 11.8 Å². The summed E-state index contributed by atoms with van der Waals surface area (Å²) in [5, 5.41) is 0. The molecule has 0 aliphatic carbocycles. The summed E-state index contributed by atoms with van der Waals surface area (Å²) in [5.74, 6) is 1.27. The lowest BCUT2D eigenvalue weighted by Gasteiger charge is -2.34. The third-order valence-corrected chi connectivity index (χ3v) is 3.73. The van der Waals surface area contributed by atoms with Crippen LogP contribution in [-0.2, 0) is 14.3 Å². The molecule has 0 aromatic rings. The van der Waals surface area contributed by atoms with Gasteiger partial charge < -0.3 is 4.74 Å². The summed E-state index contributed by atoms with van der Waals surface area (Å²) in [4.78, 5) is 25.1. The smallest absolute Gasteiger partial charge is 0.306 e. The summed E-state index contributed by atoms with van der Waals surface area (Å²) < 4.78 is 4.81. The van der Waals surface area contributed by atoms with Crippen LogP contribution in [0.2, 0.25) is 0 Å². The van der Waals surface area contributed by atoms with Crippen molar-refractivity contribution in [1.29, 1.82) is 0 Å². The lowest BCUT2D eigenvalue weighted by molar-refractivity contribution is -0.144. The monoisotopic (exact) mass is 255 g/mol. The highest BCUT2D eigenvalue weighted by Gasteiger charge is 2.23. The molecule has 0 aromatic carbocycles. The van der Waals surface area contributed by atoms with Crippen LogP contribution in [-0.4, -0.2) is 42.9 Å². The number of piperidine rings is 1. The molecule has 1 aliphatic heterocycles. The molecule has 4 heteroatoms. The molecular formula is C14H25NO3. The molecule has 18 heavy (non-hydrogen) atoms. The van der Waals surface area contributed by atoms with Crippen molar-refractivity contribution in [2.45, 2.75) is 40.0 Å². The molecule has 1 aliphatic rings. The molecule has 1 rings (SSSR count). The van der Waals surface area contributed by atoms with E-state index in [2.05, 4.69) is 18.7 Å². The molecule has 2 atom stereocenters. The fourth-order valence-electron chi connectivity index (χ4n) is 2.30. The van der Waals surface area contributed by atoms with Crippen molar-refractivity contribution in [3.8, 4) is 0 Å². The van der Waals surface area contributed by atoms with Crippen molar-refractivity contribution in [3.05, 3.63) is 0 Å². The molecule has 2 unspecified atom stereocenters. The molecule has 0 saturated carbocycles. The van der Waals surface area contributed by atoms with Crippen LogP contribution >= 0.6 is 0 Å². The van der Waals surface area contributed by atoms with Gasteiger partial charge in [-0.05, 0) is 31.7 Å². The van der Waals surface area contributed by atoms with E-state index in [1.165, 1.54) is 0 Å². The minimum Gasteiger partial charge on any atom is -0.466 e. The van der Waals surface area contributed by atoms with Gasteiger partial charge >= 0.3 is 5.97 Å². The summed E-state index contributed by atoms with van der Waals surface area (Å²) in [7, 11) is 0. The van der Waals surface area contributed by atoms with Gasteiger partial charge in [0.1, 0.15) is 5.78 Å². The summed E-state index contributed by atoms with van der Waals surface area (Å²) in [6, 6.07) is 0. The van der Waals surface area contributed by atoms with Gasteiger partial charge in [0.25, 0.3) is 0 Å². The number of rotatable bonds is 6. The summed E-state index contributed by atoms with van der Waals surface area (Å²) in [5.41, 5.74) is 0. The summed E-state index contributed by atoms with van der Waals surface area (Å²) >= 11 is 0. The van der Waals surface area contributed by atoms with Crippen LogP contribution < -0.4 is 0 Å². The van der Waals surface area contributed by atoms with Gasteiger partial charge in [0.15, 0.2) is 0 Å². The predicted octanol–water partition coefficient (Wildman–Crippen LogP) is 1.88. The zero-order chi connectivity index (χ0) is 13.5. The lowest BCUT2D eigenvalue weighted by Crippen LogP contribution is -2.41. The van der Waals surface area contributed by atoms with E-state index >= 15 is 0 Å². The number of Topliss-reactive ketones (excluding diaryl/α,β-unsaturated/α-hetero) is 1. The molecule has 1 heterocycles. The number of esters is 1. The SMILES string of the molecule is CCOC(=O)CCC(=O)CN1CCC(C)C(C)C1. The summed E-state index contributed by atoms with van der Waals surface area (Å²) in [6.45, 7) is 9.13. The molecule has 1 fully saturated rings. The Balaban J connectivity index is 2.22. The molecule has 104 valence electrons. The van der Waals surface area contributed by atoms with E-state index in [-0.39, 0.29) is 18.2 Å². The van der Waals surface area contributed by atoms with Crippen molar-refractivity contribution in [1.82, 2.24) is 4.90 Å². The number of ketones is 1. The molecule has 0 aromatic heterocycles. The number of hydrogen-bond acceptors (Lipinski definition) is 4. The largest absolute Gasteiger partial charge is 0.466 e. The highest BCUT2D eigenvalue weighted by molar-refractivity contribution is 5.84. The molecule has 0 bridgehead atoms. The Kier molecular flexibility index (Phi) is 6.33. The number of carbonyl (C=O) groups excluding carboxylic acids is 2. The minimum atomic E-state index is -0.272. The van der Waals surface area contributed by atoms with Gasteiger partial charge in [-0.25, -0.2) is 0 Å². The molecule has 4 nitrogen and oxygen atoms in total. The quantitative estimate of drug-likeness (QED) is 0.680. The van der Waals surface area contributed by atoms with Gasteiger partial charge in [0.2, 0.25) is 0 Å². The van der Waals surface area contributed by atoms with Gasteiger partial charge in [-0.15, -0.1) is 0 Å². The molecular weight excluding hydrogens is 230 g/mol. The average molecular weight is 255 g/mol. The van der Waals surface area contributed by atoms with Crippen molar-refractivity contribution < 1.29 is 14.3 Å². The zero-order valence-electron chi connectivity index (χ0n) is 11.8. The fourth-order valence-corrected chi connectivity index (χ4v) is 2.30. The van der Waals surface area contributed by atoms with Gasteiger partial charge in [-0.3, -0.25) is 14.5 Å². The molecule has 0 spiro atoms. The first-order chi connectivity index (χ1) is 8.52. The summed E-state index contributed by atoms with van der Waals surface area (Å²) in [6.07, 6.45) is 1.68. The Morgan fingerprint density at radius 1 is 1.22 bits per heavy atom. The molecule has 0 N–H and O–H groups in total. The van der Waals surface area contributed by atoms with Crippen molar-refractivity contribution in [2.75, 3.05) is 26.2 Å². The van der Waals surface area contributed by atoms with Crippen LogP contribution in [0.1, 0.15) is 40.0 Å². The number of hydrogen-bond donors (Lipinski definition) is 0. The Hall–Kier alpha value is -0.900. The maximum atomic E-state index is 11.8. The minimum absolute atomic E-state index is 0.143. The number of carbonyl (C=O) groups is 2. The van der Waals surface area contributed by atoms with Crippen molar-refractivity contribution in [2.24, 2.45) is 11.8 Å². The van der Waals surface area contributed by atoms with Crippen LogP contribution in [0, 0.1) is 11.8 Å². The number of nitrogens with zero attached hydrogens (tertiary/aromatic N) is 1. The van der Waals surface area contributed by atoms with E-state index in [0.29, 0.717) is 25.5 Å². The Morgan fingerprint density at radius 2 is 1.94 bits per heavy atom. The van der Waals surface area contributed by atoms with Gasteiger partial charge in [-0.1, -0.05) is 13.8 Å². The first-order valence-corrected chi connectivity index (χ1v) is 6.92. The Labute approximate surface area is 110 Å². The fraction of sp³-hybridized carbons (Fsp3) is 0.857. The normalized spacial score (nSPS) is 24.8. The first kappa shape index (κ1) is 15.2. The third kappa shape index (κ3) is 5.17. The maximum Gasteiger partial charge on any atom is 0.306 e. The van der Waals surface area contributed by atoms with Gasteiger partial charge in [-0.2, -0.15) is 0 Å². The second-order valence-electron chi connectivity index (χ2n) is 5.32. The van der Waals surface area contributed by atoms with E-state index < -0.39 is 0 Å². The highest BCUT2D eigenvalue weighted by Crippen LogP contribution is 2.22. The standard InChI is InChI=1S/C14H25NO3/c1-4-18-14(17)6-5-13(16)10-15-8-7-11(2)12(3)9-15/h11-12H,4-10H2,1-3H3. The number of likely N-dealkylation sites (tertiary alicyclic amines) is 1. The van der Waals surface area contributed by atoms with Gasteiger partial charge in [0, 0.05) is 13.0 Å². The van der Waals surface area contributed by atoms with Crippen LogP contribution in [0.25, 0.3) is 0 Å². The van der Waals surface area contributed by atoms with E-state index in [1.807, 2.05) is 0 Å². The second kappa shape index (κ2) is 7.52. The first-order valence-electron chi connectivity index (χ1n) is 6.92. The van der Waals surface area contributed by atoms with Crippen LogP contribution in [0.3, 0.4) is 0 Å². The van der Waals surface area contributed by atoms with Crippen LogP contribution in [0.5, 0.6) is 0 Å². The Bertz CT molecular complexity index is 291.